The number of piperidine rings is 1. The van der Waals surface area contributed by atoms with Crippen LogP contribution in [0.3, 0.4) is 0 Å². The Balaban J connectivity index is 2.18. The van der Waals surface area contributed by atoms with Gasteiger partial charge in [-0.3, -0.25) is 9.69 Å². The molecule has 0 saturated carbocycles. The number of rotatable bonds is 4. The molecule has 1 aromatic carbocycles. The first-order chi connectivity index (χ1) is 9.54. The summed E-state index contributed by atoms with van der Waals surface area (Å²) < 4.78 is 26.6. The number of ketones is 1. The molecule has 2 atom stereocenters. The first-order valence-corrected chi connectivity index (χ1v) is 7.29. The van der Waals surface area contributed by atoms with E-state index in [-0.39, 0.29) is 17.4 Å². The predicted octanol–water partition coefficient (Wildman–Crippen LogP) is 3.80. The van der Waals surface area contributed by atoms with Gasteiger partial charge in [0, 0.05) is 12.1 Å². The van der Waals surface area contributed by atoms with Crippen molar-refractivity contribution in [1.29, 1.82) is 0 Å². The third-order valence-corrected chi connectivity index (χ3v) is 4.22. The monoisotopic (exact) mass is 281 g/mol. The number of benzene rings is 1. The van der Waals surface area contributed by atoms with E-state index in [2.05, 4.69) is 11.8 Å². The van der Waals surface area contributed by atoms with E-state index in [0.29, 0.717) is 6.04 Å². The molecule has 1 aliphatic heterocycles. The van der Waals surface area contributed by atoms with Crippen LogP contribution in [-0.4, -0.2) is 29.3 Å². The summed E-state index contributed by atoms with van der Waals surface area (Å²) in [6.07, 6.45) is 4.32. The van der Waals surface area contributed by atoms with Crippen LogP contribution in [0.25, 0.3) is 0 Å². The van der Waals surface area contributed by atoms with Crippen molar-refractivity contribution in [3.63, 3.8) is 0 Å². The van der Waals surface area contributed by atoms with E-state index in [1.54, 1.807) is 0 Å². The molecule has 0 aliphatic carbocycles. The second-order valence-corrected chi connectivity index (χ2v) is 5.46. The third-order valence-electron chi connectivity index (χ3n) is 4.22. The highest BCUT2D eigenvalue weighted by Crippen LogP contribution is 2.24. The third kappa shape index (κ3) is 3.06. The first-order valence-electron chi connectivity index (χ1n) is 7.29. The van der Waals surface area contributed by atoms with Crippen molar-refractivity contribution < 1.29 is 13.6 Å². The Morgan fingerprint density at radius 1 is 1.40 bits per heavy atom. The zero-order valence-corrected chi connectivity index (χ0v) is 12.0. The van der Waals surface area contributed by atoms with Crippen LogP contribution in [0.2, 0.25) is 0 Å². The summed E-state index contributed by atoms with van der Waals surface area (Å²) >= 11 is 0. The minimum atomic E-state index is -0.771. The molecule has 0 radical (unpaired) electrons. The second-order valence-electron chi connectivity index (χ2n) is 5.46. The lowest BCUT2D eigenvalue weighted by Crippen LogP contribution is -2.48. The first kappa shape index (κ1) is 15.1. The highest BCUT2D eigenvalue weighted by Gasteiger charge is 2.30. The van der Waals surface area contributed by atoms with E-state index >= 15 is 0 Å². The molecule has 0 aromatic heterocycles. The SMILES string of the molecule is CCC1CCCCN1C(C)C(=O)c1ccc(F)cc1F. The molecule has 1 aliphatic rings. The van der Waals surface area contributed by atoms with E-state index in [1.165, 1.54) is 12.5 Å². The zero-order valence-electron chi connectivity index (χ0n) is 12.0. The Labute approximate surface area is 118 Å². The predicted molar refractivity (Wildman–Crippen MR) is 74.8 cm³/mol. The molecule has 1 saturated heterocycles. The summed E-state index contributed by atoms with van der Waals surface area (Å²) in [5.41, 5.74) is -0.0145. The summed E-state index contributed by atoms with van der Waals surface area (Å²) in [4.78, 5) is 14.6. The van der Waals surface area contributed by atoms with Gasteiger partial charge in [0.15, 0.2) is 5.78 Å². The maximum Gasteiger partial charge on any atom is 0.182 e. The van der Waals surface area contributed by atoms with Crippen LogP contribution in [0, 0.1) is 11.6 Å². The number of Topliss-reactive ketones (excluding diaryl/α,β-unsaturated/α-hetero) is 1. The number of hydrogen-bond donors (Lipinski definition) is 0. The van der Waals surface area contributed by atoms with Gasteiger partial charge < -0.3 is 0 Å². The Bertz CT molecular complexity index is 489. The lowest BCUT2D eigenvalue weighted by atomic mass is 9.95. The molecule has 0 spiro atoms. The van der Waals surface area contributed by atoms with Crippen molar-refractivity contribution in [3.05, 3.63) is 35.4 Å². The maximum absolute atomic E-state index is 13.7. The molecule has 2 nitrogen and oxygen atoms in total. The van der Waals surface area contributed by atoms with Crippen LogP contribution < -0.4 is 0 Å². The standard InChI is InChI=1S/C16H21F2NO/c1-3-13-6-4-5-9-19(13)11(2)16(20)14-8-7-12(17)10-15(14)18/h7-8,10-11,13H,3-6,9H2,1-2H3. The van der Waals surface area contributed by atoms with Crippen molar-refractivity contribution in [3.8, 4) is 0 Å². The highest BCUT2D eigenvalue weighted by atomic mass is 19.1. The van der Waals surface area contributed by atoms with Gasteiger partial charge in [0.1, 0.15) is 11.6 Å². The van der Waals surface area contributed by atoms with Gasteiger partial charge in [-0.1, -0.05) is 13.3 Å². The van der Waals surface area contributed by atoms with Crippen molar-refractivity contribution in [2.75, 3.05) is 6.54 Å². The van der Waals surface area contributed by atoms with E-state index in [0.717, 1.165) is 37.9 Å². The van der Waals surface area contributed by atoms with Crippen molar-refractivity contribution in [2.45, 2.75) is 51.6 Å². The number of likely N-dealkylation sites (tertiary alicyclic amines) is 1. The van der Waals surface area contributed by atoms with Gasteiger partial charge >= 0.3 is 0 Å². The lowest BCUT2D eigenvalue weighted by molar-refractivity contribution is 0.0658. The van der Waals surface area contributed by atoms with Crippen LogP contribution in [0.5, 0.6) is 0 Å². The van der Waals surface area contributed by atoms with E-state index in [1.807, 2.05) is 6.92 Å². The molecule has 2 unspecified atom stereocenters. The van der Waals surface area contributed by atoms with Crippen LogP contribution in [0.15, 0.2) is 18.2 Å². The van der Waals surface area contributed by atoms with Crippen molar-refractivity contribution in [1.82, 2.24) is 4.90 Å². The minimum Gasteiger partial charge on any atom is -0.292 e. The Morgan fingerprint density at radius 2 is 2.15 bits per heavy atom. The fraction of sp³-hybridized carbons (Fsp3) is 0.562. The van der Waals surface area contributed by atoms with Crippen LogP contribution >= 0.6 is 0 Å². The molecule has 2 rings (SSSR count). The average Bonchev–Trinajstić information content (AvgIpc) is 2.45. The topological polar surface area (TPSA) is 20.3 Å². The molecule has 0 bridgehead atoms. The second kappa shape index (κ2) is 6.44. The molecular weight excluding hydrogens is 260 g/mol. The normalized spacial score (nSPS) is 21.7. The molecule has 4 heteroatoms. The quantitative estimate of drug-likeness (QED) is 0.782. The molecule has 110 valence electrons. The smallest absolute Gasteiger partial charge is 0.182 e. The summed E-state index contributed by atoms with van der Waals surface area (Å²) in [6.45, 7) is 4.80. The molecule has 0 N–H and O–H groups in total. The maximum atomic E-state index is 13.7. The number of hydrogen-bond acceptors (Lipinski definition) is 2. The van der Waals surface area contributed by atoms with Crippen LogP contribution in [-0.2, 0) is 0 Å². The van der Waals surface area contributed by atoms with Gasteiger partial charge in [-0.15, -0.1) is 0 Å². The fourth-order valence-corrected chi connectivity index (χ4v) is 3.04. The summed E-state index contributed by atoms with van der Waals surface area (Å²) in [6, 6.07) is 3.17. The molecule has 1 heterocycles. The van der Waals surface area contributed by atoms with Gasteiger partial charge in [0.2, 0.25) is 0 Å². The molecule has 1 aromatic rings. The van der Waals surface area contributed by atoms with Crippen molar-refractivity contribution >= 4 is 5.78 Å². The number of nitrogens with zero attached hydrogens (tertiary/aromatic N) is 1. The van der Waals surface area contributed by atoms with Crippen LogP contribution in [0.4, 0.5) is 8.78 Å². The minimum absolute atomic E-state index is 0.0145. The Kier molecular flexibility index (Phi) is 4.86. The number of halogens is 2. The molecule has 20 heavy (non-hydrogen) atoms. The van der Waals surface area contributed by atoms with Crippen molar-refractivity contribution in [2.24, 2.45) is 0 Å². The van der Waals surface area contributed by atoms with E-state index in [4.69, 9.17) is 0 Å². The summed E-state index contributed by atoms with van der Waals surface area (Å²) in [7, 11) is 0. The van der Waals surface area contributed by atoms with Gasteiger partial charge in [0.25, 0.3) is 0 Å². The van der Waals surface area contributed by atoms with Gasteiger partial charge in [-0.05, 0) is 44.9 Å². The fourth-order valence-electron chi connectivity index (χ4n) is 3.04. The van der Waals surface area contributed by atoms with Crippen LogP contribution in [0.1, 0.15) is 49.9 Å². The number of carbonyl (C=O) groups is 1. The molecule has 1 fully saturated rings. The Morgan fingerprint density at radius 3 is 2.80 bits per heavy atom. The molecule has 0 amide bonds. The summed E-state index contributed by atoms with van der Waals surface area (Å²) in [5.74, 6) is -1.69. The number of carbonyl (C=O) groups excluding carboxylic acids is 1. The molecular formula is C16H21F2NO. The summed E-state index contributed by atoms with van der Waals surface area (Å²) in [5, 5.41) is 0. The zero-order chi connectivity index (χ0) is 14.7. The largest absolute Gasteiger partial charge is 0.292 e. The lowest BCUT2D eigenvalue weighted by Gasteiger charge is -2.38. The van der Waals surface area contributed by atoms with E-state index < -0.39 is 11.6 Å². The van der Waals surface area contributed by atoms with Gasteiger partial charge in [0.05, 0.1) is 11.6 Å². The van der Waals surface area contributed by atoms with Gasteiger partial charge in [-0.2, -0.15) is 0 Å². The average molecular weight is 281 g/mol. The highest BCUT2D eigenvalue weighted by molar-refractivity contribution is 6.00. The van der Waals surface area contributed by atoms with Gasteiger partial charge in [-0.25, -0.2) is 8.78 Å². The van der Waals surface area contributed by atoms with E-state index in [9.17, 15) is 13.6 Å². The Hall–Kier alpha value is -1.29.